The Hall–Kier alpha value is -1.62. The van der Waals surface area contributed by atoms with Crippen LogP contribution in [-0.2, 0) is 0 Å². The second-order valence-corrected chi connectivity index (χ2v) is 5.33. The van der Waals surface area contributed by atoms with Crippen LogP contribution >= 0.6 is 15.9 Å². The Morgan fingerprint density at radius 3 is 2.75 bits per heavy atom. The van der Waals surface area contributed by atoms with Crippen LogP contribution in [0, 0.1) is 0 Å². The van der Waals surface area contributed by atoms with Crippen LogP contribution < -0.4 is 9.64 Å². The van der Waals surface area contributed by atoms with E-state index in [-0.39, 0.29) is 6.04 Å². The van der Waals surface area contributed by atoms with Crippen molar-refractivity contribution in [1.82, 2.24) is 9.97 Å². The maximum absolute atomic E-state index is 5.47. The minimum atomic E-state index is 0.192. The number of anilines is 1. The van der Waals surface area contributed by atoms with Gasteiger partial charge in [0.1, 0.15) is 17.9 Å². The van der Waals surface area contributed by atoms with Crippen LogP contribution in [0.2, 0.25) is 0 Å². The van der Waals surface area contributed by atoms with Gasteiger partial charge in [-0.3, -0.25) is 0 Å². The van der Waals surface area contributed by atoms with Crippen molar-refractivity contribution < 1.29 is 4.74 Å². The zero-order chi connectivity index (χ0) is 14.5. The summed E-state index contributed by atoms with van der Waals surface area (Å²) < 4.78 is 6.36. The Morgan fingerprint density at radius 2 is 2.10 bits per heavy atom. The van der Waals surface area contributed by atoms with E-state index in [1.807, 2.05) is 25.2 Å². The lowest BCUT2D eigenvalue weighted by Gasteiger charge is -2.30. The quantitative estimate of drug-likeness (QED) is 0.832. The summed E-state index contributed by atoms with van der Waals surface area (Å²) in [7, 11) is 3.74. The Kier molecular flexibility index (Phi) is 4.95. The van der Waals surface area contributed by atoms with E-state index in [4.69, 9.17) is 4.74 Å². The van der Waals surface area contributed by atoms with Crippen LogP contribution in [0.25, 0.3) is 0 Å². The molecule has 1 unspecified atom stereocenters. The highest BCUT2D eigenvalue weighted by Crippen LogP contribution is 2.35. The molecule has 5 heteroatoms. The summed E-state index contributed by atoms with van der Waals surface area (Å²) in [4.78, 5) is 10.5. The molecule has 106 valence electrons. The van der Waals surface area contributed by atoms with Crippen LogP contribution in [0.1, 0.15) is 24.9 Å². The van der Waals surface area contributed by atoms with Crippen LogP contribution in [-0.4, -0.2) is 24.1 Å². The first-order chi connectivity index (χ1) is 9.69. The van der Waals surface area contributed by atoms with E-state index >= 15 is 0 Å². The molecule has 0 amide bonds. The fourth-order valence-corrected chi connectivity index (χ4v) is 2.86. The fourth-order valence-electron chi connectivity index (χ4n) is 2.36. The number of aromatic nitrogens is 2. The predicted molar refractivity (Wildman–Crippen MR) is 84.2 cm³/mol. The number of hydrogen-bond acceptors (Lipinski definition) is 4. The van der Waals surface area contributed by atoms with Gasteiger partial charge in [0.05, 0.1) is 17.6 Å². The van der Waals surface area contributed by atoms with Crippen molar-refractivity contribution in [1.29, 1.82) is 0 Å². The Bertz CT molecular complexity index is 577. The first-order valence-electron chi connectivity index (χ1n) is 6.50. The fraction of sp³-hybridized carbons (Fsp3) is 0.333. The molecule has 0 aliphatic carbocycles. The topological polar surface area (TPSA) is 38.2 Å². The number of rotatable bonds is 5. The number of benzene rings is 1. The highest BCUT2D eigenvalue weighted by Gasteiger charge is 2.21. The number of hydrogen-bond donors (Lipinski definition) is 0. The molecule has 0 spiro atoms. The van der Waals surface area contributed by atoms with Crippen LogP contribution in [0.4, 0.5) is 5.82 Å². The van der Waals surface area contributed by atoms with E-state index in [0.29, 0.717) is 0 Å². The number of ether oxygens (including phenoxy) is 1. The summed E-state index contributed by atoms with van der Waals surface area (Å²) in [6.07, 6.45) is 4.27. The molecule has 1 atom stereocenters. The molecule has 2 rings (SSSR count). The number of para-hydroxylation sites is 1. The Morgan fingerprint density at radius 1 is 1.35 bits per heavy atom. The molecule has 1 aromatic heterocycles. The lowest BCUT2D eigenvalue weighted by molar-refractivity contribution is 0.404. The van der Waals surface area contributed by atoms with Gasteiger partial charge in [-0.25, -0.2) is 9.97 Å². The summed E-state index contributed by atoms with van der Waals surface area (Å²) in [6, 6.07) is 8.29. The van der Waals surface area contributed by atoms with Crippen molar-refractivity contribution in [2.24, 2.45) is 0 Å². The highest BCUT2D eigenvalue weighted by atomic mass is 79.9. The second-order valence-electron chi connectivity index (χ2n) is 4.47. The molecule has 0 aliphatic rings. The van der Waals surface area contributed by atoms with Gasteiger partial charge in [0.25, 0.3) is 0 Å². The predicted octanol–water partition coefficient (Wildman–Crippen LogP) is 3.84. The molecule has 1 aromatic carbocycles. The van der Waals surface area contributed by atoms with Crippen LogP contribution in [0.5, 0.6) is 5.75 Å². The van der Waals surface area contributed by atoms with Gasteiger partial charge in [0.2, 0.25) is 0 Å². The smallest absolute Gasteiger partial charge is 0.146 e. The van der Waals surface area contributed by atoms with Gasteiger partial charge in [-0.2, -0.15) is 0 Å². The SMILES string of the molecule is CCC(c1ccccc1OC)N(C)c1ncncc1Br. The van der Waals surface area contributed by atoms with Gasteiger partial charge in [-0.15, -0.1) is 0 Å². The molecule has 0 radical (unpaired) electrons. The van der Waals surface area contributed by atoms with Crippen LogP contribution in [0.15, 0.2) is 41.3 Å². The van der Waals surface area contributed by atoms with Gasteiger partial charge in [-0.1, -0.05) is 25.1 Å². The van der Waals surface area contributed by atoms with E-state index in [1.165, 1.54) is 0 Å². The second kappa shape index (κ2) is 6.70. The molecule has 4 nitrogen and oxygen atoms in total. The van der Waals surface area contributed by atoms with Crippen molar-refractivity contribution >= 4 is 21.7 Å². The van der Waals surface area contributed by atoms with Gasteiger partial charge >= 0.3 is 0 Å². The van der Waals surface area contributed by atoms with E-state index in [9.17, 15) is 0 Å². The standard InChI is InChI=1S/C15H18BrN3O/c1-4-13(11-7-5-6-8-14(11)20-3)19(2)15-12(16)9-17-10-18-15/h5-10,13H,4H2,1-3H3. The van der Waals surface area contributed by atoms with Gasteiger partial charge < -0.3 is 9.64 Å². The molecule has 0 N–H and O–H groups in total. The summed E-state index contributed by atoms with van der Waals surface area (Å²) in [6.45, 7) is 2.16. The number of halogens is 1. The summed E-state index contributed by atoms with van der Waals surface area (Å²) >= 11 is 3.50. The van der Waals surface area contributed by atoms with E-state index in [1.54, 1.807) is 19.6 Å². The molecular formula is C15H18BrN3O. The molecule has 0 aliphatic heterocycles. The molecular weight excluding hydrogens is 318 g/mol. The first kappa shape index (κ1) is 14.8. The third kappa shape index (κ3) is 2.93. The van der Waals surface area contributed by atoms with Crippen molar-refractivity contribution in [3.8, 4) is 5.75 Å². The zero-order valence-corrected chi connectivity index (χ0v) is 13.5. The molecule has 0 saturated carbocycles. The van der Waals surface area contributed by atoms with E-state index < -0.39 is 0 Å². The van der Waals surface area contributed by atoms with Crippen molar-refractivity contribution in [2.75, 3.05) is 19.1 Å². The van der Waals surface area contributed by atoms with Gasteiger partial charge in [-0.05, 0) is 28.4 Å². The molecule has 0 saturated heterocycles. The average Bonchev–Trinajstić information content (AvgIpc) is 2.49. The minimum absolute atomic E-state index is 0.192. The monoisotopic (exact) mass is 335 g/mol. The average molecular weight is 336 g/mol. The molecule has 0 bridgehead atoms. The van der Waals surface area contributed by atoms with Crippen LogP contribution in [0.3, 0.4) is 0 Å². The third-order valence-electron chi connectivity index (χ3n) is 3.33. The molecule has 20 heavy (non-hydrogen) atoms. The minimum Gasteiger partial charge on any atom is -0.496 e. The molecule has 1 heterocycles. The highest BCUT2D eigenvalue weighted by molar-refractivity contribution is 9.10. The van der Waals surface area contributed by atoms with Crippen molar-refractivity contribution in [3.05, 3.63) is 46.8 Å². The van der Waals surface area contributed by atoms with Gasteiger partial charge in [0.15, 0.2) is 0 Å². The summed E-state index contributed by atoms with van der Waals surface area (Å²) in [5.41, 5.74) is 1.16. The maximum atomic E-state index is 5.47. The van der Waals surface area contributed by atoms with Gasteiger partial charge in [0, 0.05) is 18.8 Å². The van der Waals surface area contributed by atoms with E-state index in [2.05, 4.69) is 43.8 Å². The Balaban J connectivity index is 2.40. The maximum Gasteiger partial charge on any atom is 0.146 e. The third-order valence-corrected chi connectivity index (χ3v) is 3.89. The number of methoxy groups -OCH3 is 1. The lowest BCUT2D eigenvalue weighted by atomic mass is 10.0. The summed E-state index contributed by atoms with van der Waals surface area (Å²) in [5.74, 6) is 1.77. The normalized spacial score (nSPS) is 12.0. The molecule has 2 aromatic rings. The van der Waals surface area contributed by atoms with E-state index in [0.717, 1.165) is 28.0 Å². The largest absolute Gasteiger partial charge is 0.496 e. The van der Waals surface area contributed by atoms with Crippen molar-refractivity contribution in [2.45, 2.75) is 19.4 Å². The lowest BCUT2D eigenvalue weighted by Crippen LogP contribution is -2.25. The Labute approximate surface area is 127 Å². The first-order valence-corrected chi connectivity index (χ1v) is 7.29. The zero-order valence-electron chi connectivity index (χ0n) is 11.9. The summed E-state index contributed by atoms with van der Waals surface area (Å²) in [5, 5.41) is 0. The van der Waals surface area contributed by atoms with Crippen molar-refractivity contribution in [3.63, 3.8) is 0 Å². The number of nitrogens with zero attached hydrogens (tertiary/aromatic N) is 3. The molecule has 0 fully saturated rings.